The van der Waals surface area contributed by atoms with E-state index in [4.69, 9.17) is 5.11 Å². The van der Waals surface area contributed by atoms with Crippen LogP contribution in [-0.4, -0.2) is 19.7 Å². The number of aromatic hydroxyl groups is 1. The number of fused-ring (bicyclic) bond motifs is 1. The van der Waals surface area contributed by atoms with Crippen LogP contribution in [0.25, 0.3) is 4.83 Å². The largest absolute Gasteiger partial charge is 0.491 e. The van der Waals surface area contributed by atoms with Crippen LogP contribution in [0.1, 0.15) is 0 Å². The van der Waals surface area contributed by atoms with E-state index in [1.54, 1.807) is 0 Å². The molecule has 2 aromatic heterocycles. The molecule has 0 bridgehead atoms. The molecule has 2 heterocycles. The smallest absolute Gasteiger partial charge is 0.321 e. The second-order valence-electron chi connectivity index (χ2n) is 1.74. The number of aromatic nitrogens is 3. The average molecular weight is 157 g/mol. The van der Waals surface area contributed by atoms with Gasteiger partial charge in [0.1, 0.15) is 6.33 Å². The number of hydrogen-bond acceptors (Lipinski definition) is 4. The van der Waals surface area contributed by atoms with Gasteiger partial charge in [-0.15, -0.1) is 0 Å². The molecular formula is C4H3N3O2S. The predicted octanol–water partition coefficient (Wildman–Crippen LogP) is -0.210. The standard InChI is InChI=1S/C4H3N3O2S/c8-2-3-7(1-5-2)6-4(9)10-3/h1,8H,(H,6,9). The fraction of sp³-hybridized carbons (Fsp3) is 0. The van der Waals surface area contributed by atoms with Crippen LogP contribution in [0.4, 0.5) is 0 Å². The summed E-state index contributed by atoms with van der Waals surface area (Å²) in [6, 6.07) is 0. The lowest BCUT2D eigenvalue weighted by molar-refractivity contribution is 0.463. The molecule has 0 radical (unpaired) electrons. The van der Waals surface area contributed by atoms with Gasteiger partial charge in [0.25, 0.3) is 0 Å². The second kappa shape index (κ2) is 1.60. The number of imidazole rings is 1. The zero-order chi connectivity index (χ0) is 7.14. The van der Waals surface area contributed by atoms with Crippen molar-refractivity contribution in [2.45, 2.75) is 0 Å². The Balaban J connectivity index is 3.03. The average Bonchev–Trinajstić information content (AvgIpc) is 2.35. The van der Waals surface area contributed by atoms with Gasteiger partial charge in [-0.25, -0.2) is 9.61 Å². The Morgan fingerprint density at radius 2 is 2.60 bits per heavy atom. The first-order chi connectivity index (χ1) is 4.77. The highest BCUT2D eigenvalue weighted by atomic mass is 32.1. The molecule has 0 saturated carbocycles. The Kier molecular flexibility index (Phi) is 0.877. The Bertz CT molecular complexity index is 411. The highest BCUT2D eigenvalue weighted by Gasteiger charge is 2.04. The molecule has 0 aromatic carbocycles. The van der Waals surface area contributed by atoms with Crippen LogP contribution in [0.2, 0.25) is 0 Å². The Morgan fingerprint density at radius 3 is 3.30 bits per heavy atom. The van der Waals surface area contributed by atoms with Gasteiger partial charge in [0.2, 0.25) is 5.88 Å². The fourth-order valence-corrected chi connectivity index (χ4v) is 1.37. The molecule has 10 heavy (non-hydrogen) atoms. The molecule has 0 spiro atoms. The Morgan fingerprint density at radius 1 is 1.80 bits per heavy atom. The third-order valence-electron chi connectivity index (χ3n) is 1.11. The summed E-state index contributed by atoms with van der Waals surface area (Å²) >= 11 is 0.925. The van der Waals surface area contributed by atoms with Gasteiger partial charge >= 0.3 is 4.87 Å². The van der Waals surface area contributed by atoms with Crippen LogP contribution < -0.4 is 4.87 Å². The number of rotatable bonds is 0. The van der Waals surface area contributed by atoms with E-state index >= 15 is 0 Å². The van der Waals surface area contributed by atoms with Crippen molar-refractivity contribution in [3.05, 3.63) is 16.0 Å². The van der Waals surface area contributed by atoms with Gasteiger partial charge in [-0.1, -0.05) is 0 Å². The molecule has 0 aliphatic carbocycles. The normalized spacial score (nSPS) is 10.8. The molecule has 52 valence electrons. The number of hydrogen-bond donors (Lipinski definition) is 2. The first kappa shape index (κ1) is 5.48. The number of nitrogens with one attached hydrogen (secondary N) is 1. The molecule has 2 N–H and O–H groups in total. The van der Waals surface area contributed by atoms with E-state index in [9.17, 15) is 4.79 Å². The molecule has 0 saturated heterocycles. The lowest BCUT2D eigenvalue weighted by Gasteiger charge is -1.75. The van der Waals surface area contributed by atoms with Crippen LogP contribution in [0.5, 0.6) is 5.88 Å². The summed E-state index contributed by atoms with van der Waals surface area (Å²) < 4.78 is 1.38. The first-order valence-electron chi connectivity index (χ1n) is 2.52. The summed E-state index contributed by atoms with van der Waals surface area (Å²) in [5.74, 6) is -0.108. The maximum absolute atomic E-state index is 10.6. The van der Waals surface area contributed by atoms with Crippen molar-refractivity contribution >= 4 is 16.2 Å². The van der Waals surface area contributed by atoms with Crippen LogP contribution in [0, 0.1) is 0 Å². The quantitative estimate of drug-likeness (QED) is 0.555. The lowest BCUT2D eigenvalue weighted by atomic mass is 10.9. The zero-order valence-electron chi connectivity index (χ0n) is 4.74. The van der Waals surface area contributed by atoms with Gasteiger partial charge in [0.05, 0.1) is 0 Å². The minimum Gasteiger partial charge on any atom is -0.491 e. The zero-order valence-corrected chi connectivity index (χ0v) is 5.55. The minimum atomic E-state index is -0.201. The molecule has 2 rings (SSSR count). The summed E-state index contributed by atoms with van der Waals surface area (Å²) in [5, 5.41) is 11.4. The van der Waals surface area contributed by atoms with Crippen LogP contribution in [0.15, 0.2) is 11.1 Å². The van der Waals surface area contributed by atoms with E-state index in [0.29, 0.717) is 4.83 Å². The molecule has 0 fully saturated rings. The minimum absolute atomic E-state index is 0.108. The monoisotopic (exact) mass is 157 g/mol. The van der Waals surface area contributed by atoms with Gasteiger partial charge in [-0.3, -0.25) is 4.79 Å². The van der Waals surface area contributed by atoms with E-state index in [2.05, 4.69) is 10.1 Å². The summed E-state index contributed by atoms with van der Waals surface area (Å²) in [7, 11) is 0. The van der Waals surface area contributed by atoms with Gasteiger partial charge in [-0.2, -0.15) is 4.98 Å². The van der Waals surface area contributed by atoms with Crippen LogP contribution in [-0.2, 0) is 0 Å². The van der Waals surface area contributed by atoms with Gasteiger partial charge in [-0.05, 0) is 11.3 Å². The van der Waals surface area contributed by atoms with Crippen molar-refractivity contribution in [1.82, 2.24) is 14.6 Å². The SMILES string of the molecule is O=c1[nH]n2cnc(O)c2s1. The molecule has 0 amide bonds. The number of nitrogens with zero attached hydrogens (tertiary/aromatic N) is 2. The molecule has 2 aromatic rings. The van der Waals surface area contributed by atoms with E-state index in [0.717, 1.165) is 11.3 Å². The van der Waals surface area contributed by atoms with Crippen LogP contribution >= 0.6 is 11.3 Å². The lowest BCUT2D eigenvalue weighted by Crippen LogP contribution is -1.95. The van der Waals surface area contributed by atoms with Gasteiger partial charge < -0.3 is 5.11 Å². The van der Waals surface area contributed by atoms with Crippen molar-refractivity contribution in [2.75, 3.05) is 0 Å². The third kappa shape index (κ3) is 0.561. The van der Waals surface area contributed by atoms with Crippen molar-refractivity contribution in [2.24, 2.45) is 0 Å². The second-order valence-corrected chi connectivity index (χ2v) is 2.71. The Hall–Kier alpha value is -1.30. The summed E-state index contributed by atoms with van der Waals surface area (Å²) in [5.41, 5.74) is 0. The highest BCUT2D eigenvalue weighted by Crippen LogP contribution is 2.15. The molecule has 0 unspecified atom stereocenters. The van der Waals surface area contributed by atoms with E-state index < -0.39 is 0 Å². The fourth-order valence-electron chi connectivity index (χ4n) is 0.711. The van der Waals surface area contributed by atoms with Crippen LogP contribution in [0.3, 0.4) is 0 Å². The predicted molar refractivity (Wildman–Crippen MR) is 35.4 cm³/mol. The Labute approximate surface area is 58.6 Å². The molecule has 5 nitrogen and oxygen atoms in total. The van der Waals surface area contributed by atoms with E-state index in [1.807, 2.05) is 0 Å². The maximum atomic E-state index is 10.6. The molecule has 0 atom stereocenters. The van der Waals surface area contributed by atoms with Gasteiger partial charge in [0, 0.05) is 0 Å². The van der Waals surface area contributed by atoms with E-state index in [-0.39, 0.29) is 10.8 Å². The molecule has 6 heteroatoms. The maximum Gasteiger partial charge on any atom is 0.321 e. The summed E-state index contributed by atoms with van der Waals surface area (Å²) in [4.78, 5) is 14.4. The van der Waals surface area contributed by atoms with Crippen molar-refractivity contribution in [3.63, 3.8) is 0 Å². The van der Waals surface area contributed by atoms with Gasteiger partial charge in [0.15, 0.2) is 4.83 Å². The topological polar surface area (TPSA) is 70.4 Å². The van der Waals surface area contributed by atoms with Crippen molar-refractivity contribution in [1.29, 1.82) is 0 Å². The summed E-state index contributed by atoms with van der Waals surface area (Å²) in [6.45, 7) is 0. The first-order valence-corrected chi connectivity index (χ1v) is 3.34. The summed E-state index contributed by atoms with van der Waals surface area (Å²) in [6.07, 6.45) is 1.35. The van der Waals surface area contributed by atoms with Crippen molar-refractivity contribution in [3.8, 4) is 5.88 Å². The molecule has 0 aliphatic rings. The van der Waals surface area contributed by atoms with Crippen molar-refractivity contribution < 1.29 is 5.11 Å². The number of aromatic amines is 1. The van der Waals surface area contributed by atoms with E-state index in [1.165, 1.54) is 10.8 Å². The molecular weight excluding hydrogens is 154 g/mol. The number of H-pyrrole nitrogens is 1. The third-order valence-corrected chi connectivity index (χ3v) is 1.96. The highest BCUT2D eigenvalue weighted by molar-refractivity contribution is 7.15. The molecule has 0 aliphatic heterocycles.